The molecule has 3 N–H and O–H groups in total. The number of aliphatic carboxylic acids is 1. The number of rotatable bonds is 4. The van der Waals surface area contributed by atoms with Crippen molar-refractivity contribution < 1.29 is 26.7 Å². The number of nitrogens with two attached hydrogens (primary N) is 1. The van der Waals surface area contributed by atoms with Crippen LogP contribution in [0.2, 0.25) is 0 Å². The van der Waals surface area contributed by atoms with Crippen molar-refractivity contribution in [2.75, 3.05) is 0 Å². The third-order valence-electron chi connectivity index (χ3n) is 4.23. The van der Waals surface area contributed by atoms with E-state index in [1.54, 1.807) is 24.3 Å². The van der Waals surface area contributed by atoms with Gasteiger partial charge in [0.25, 0.3) is 0 Å². The molecule has 138 valence electrons. The molecule has 1 atom stereocenters. The van der Waals surface area contributed by atoms with Crippen molar-refractivity contribution in [3.8, 4) is 0 Å². The van der Waals surface area contributed by atoms with Crippen LogP contribution in [0.25, 0.3) is 0 Å². The summed E-state index contributed by atoms with van der Waals surface area (Å²) < 4.78 is 49.9. The first-order chi connectivity index (χ1) is 12.1. The summed E-state index contributed by atoms with van der Waals surface area (Å²) in [5.41, 5.74) is 1.47. The Labute approximate surface area is 151 Å². The summed E-state index contributed by atoms with van der Waals surface area (Å²) in [5, 5.41) is 14.6. The number of benzene rings is 2. The molecular formula is C16H16N2O6S2. The zero-order chi connectivity index (χ0) is 19.1. The molecule has 1 aliphatic rings. The Morgan fingerprint density at radius 1 is 1.00 bits per heavy atom. The van der Waals surface area contributed by atoms with Gasteiger partial charge in [0.05, 0.1) is 9.79 Å². The molecule has 0 amide bonds. The molecule has 10 heteroatoms. The summed E-state index contributed by atoms with van der Waals surface area (Å²) in [6.07, 6.45) is 0.0274. The highest BCUT2D eigenvalue weighted by Crippen LogP contribution is 2.29. The Balaban J connectivity index is 2.10. The molecule has 2 aromatic carbocycles. The Morgan fingerprint density at radius 3 is 2.23 bits per heavy atom. The molecule has 0 aromatic heterocycles. The molecular weight excluding hydrogens is 380 g/mol. The molecule has 0 saturated carbocycles. The van der Waals surface area contributed by atoms with Crippen LogP contribution in [0.4, 0.5) is 0 Å². The van der Waals surface area contributed by atoms with Crippen LogP contribution in [-0.2, 0) is 37.8 Å². The van der Waals surface area contributed by atoms with E-state index in [9.17, 15) is 26.7 Å². The minimum absolute atomic E-state index is 0.0274. The first-order valence-electron chi connectivity index (χ1n) is 7.55. The fraction of sp³-hybridized carbons (Fsp3) is 0.188. The molecule has 1 unspecified atom stereocenters. The van der Waals surface area contributed by atoms with E-state index in [-0.39, 0.29) is 22.8 Å². The quantitative estimate of drug-likeness (QED) is 0.774. The molecule has 1 heterocycles. The number of carboxylic acid groups (broad SMARTS) is 1. The zero-order valence-corrected chi connectivity index (χ0v) is 15.1. The number of fused-ring (bicyclic) bond motifs is 1. The average Bonchev–Trinajstić information content (AvgIpc) is 2.60. The molecule has 0 aliphatic carbocycles. The number of primary sulfonamides is 1. The second-order valence-corrected chi connectivity index (χ2v) is 9.35. The molecule has 8 nitrogen and oxygen atoms in total. The van der Waals surface area contributed by atoms with E-state index < -0.39 is 32.1 Å². The normalized spacial score (nSPS) is 18.3. The number of hydrogen-bond acceptors (Lipinski definition) is 5. The van der Waals surface area contributed by atoms with Gasteiger partial charge < -0.3 is 5.11 Å². The largest absolute Gasteiger partial charge is 0.480 e. The van der Waals surface area contributed by atoms with Gasteiger partial charge >= 0.3 is 5.97 Å². The number of carbonyl (C=O) groups is 1. The topological polar surface area (TPSA) is 135 Å². The lowest BCUT2D eigenvalue weighted by molar-refractivity contribution is -0.141. The summed E-state index contributed by atoms with van der Waals surface area (Å²) in [4.78, 5) is 11.0. The van der Waals surface area contributed by atoms with E-state index in [1.165, 1.54) is 18.2 Å². The van der Waals surface area contributed by atoms with Crippen molar-refractivity contribution in [2.45, 2.75) is 28.8 Å². The van der Waals surface area contributed by atoms with Gasteiger partial charge in [0.1, 0.15) is 6.04 Å². The van der Waals surface area contributed by atoms with Crippen LogP contribution in [0.5, 0.6) is 0 Å². The van der Waals surface area contributed by atoms with E-state index in [0.29, 0.717) is 5.56 Å². The van der Waals surface area contributed by atoms with E-state index in [1.807, 2.05) is 0 Å². The molecule has 2 aromatic rings. The fourth-order valence-corrected chi connectivity index (χ4v) is 5.15. The Kier molecular flexibility index (Phi) is 4.61. The average molecular weight is 396 g/mol. The van der Waals surface area contributed by atoms with Gasteiger partial charge in [-0.3, -0.25) is 4.79 Å². The summed E-state index contributed by atoms with van der Waals surface area (Å²) in [6, 6.07) is 10.3. The predicted octanol–water partition coefficient (Wildman–Crippen LogP) is 0.534. The minimum atomic E-state index is -4.25. The van der Waals surface area contributed by atoms with Crippen LogP contribution >= 0.6 is 0 Å². The molecule has 0 spiro atoms. The van der Waals surface area contributed by atoms with Gasteiger partial charge in [-0.15, -0.1) is 0 Å². The van der Waals surface area contributed by atoms with Crippen molar-refractivity contribution in [1.82, 2.24) is 4.31 Å². The highest BCUT2D eigenvalue weighted by Gasteiger charge is 2.39. The maximum Gasteiger partial charge on any atom is 0.322 e. The number of sulfonamides is 2. The van der Waals surface area contributed by atoms with Crippen molar-refractivity contribution in [3.05, 3.63) is 59.7 Å². The maximum atomic E-state index is 13.0. The summed E-state index contributed by atoms with van der Waals surface area (Å²) in [5.74, 6) is -1.27. The molecule has 26 heavy (non-hydrogen) atoms. The monoisotopic (exact) mass is 396 g/mol. The first-order valence-corrected chi connectivity index (χ1v) is 10.5. The van der Waals surface area contributed by atoms with Gasteiger partial charge in [0, 0.05) is 13.0 Å². The van der Waals surface area contributed by atoms with Crippen LogP contribution in [0.1, 0.15) is 11.1 Å². The first kappa shape index (κ1) is 18.5. The lowest BCUT2D eigenvalue weighted by Gasteiger charge is -2.33. The van der Waals surface area contributed by atoms with Crippen LogP contribution in [0.15, 0.2) is 58.3 Å². The highest BCUT2D eigenvalue weighted by molar-refractivity contribution is 7.90. The Bertz CT molecular complexity index is 1080. The van der Waals surface area contributed by atoms with Crippen LogP contribution in [0, 0.1) is 0 Å². The molecule has 0 radical (unpaired) electrons. The van der Waals surface area contributed by atoms with Crippen LogP contribution < -0.4 is 5.14 Å². The van der Waals surface area contributed by atoms with E-state index in [0.717, 1.165) is 15.9 Å². The lowest BCUT2D eigenvalue weighted by atomic mass is 9.96. The van der Waals surface area contributed by atoms with Crippen molar-refractivity contribution in [3.63, 3.8) is 0 Å². The van der Waals surface area contributed by atoms with Gasteiger partial charge in [0.15, 0.2) is 0 Å². The van der Waals surface area contributed by atoms with Gasteiger partial charge in [-0.25, -0.2) is 22.0 Å². The van der Waals surface area contributed by atoms with Crippen molar-refractivity contribution in [1.29, 1.82) is 0 Å². The molecule has 0 bridgehead atoms. The van der Waals surface area contributed by atoms with Gasteiger partial charge in [-0.05, 0) is 29.3 Å². The highest BCUT2D eigenvalue weighted by atomic mass is 32.2. The third kappa shape index (κ3) is 3.36. The maximum absolute atomic E-state index is 13.0. The second-order valence-electron chi connectivity index (χ2n) is 5.90. The van der Waals surface area contributed by atoms with E-state index >= 15 is 0 Å². The molecule has 1 aliphatic heterocycles. The Morgan fingerprint density at radius 2 is 1.62 bits per heavy atom. The SMILES string of the molecule is NS(=O)(=O)c1cccc(S(=O)(=O)N2Cc3ccccc3CC2C(=O)O)c1. The predicted molar refractivity (Wildman–Crippen MR) is 92.1 cm³/mol. The second kappa shape index (κ2) is 6.47. The summed E-state index contributed by atoms with van der Waals surface area (Å²) in [7, 11) is -8.34. The van der Waals surface area contributed by atoms with Crippen molar-refractivity contribution in [2.24, 2.45) is 5.14 Å². The van der Waals surface area contributed by atoms with Crippen LogP contribution in [0.3, 0.4) is 0 Å². The third-order valence-corrected chi connectivity index (χ3v) is 6.99. The molecule has 3 rings (SSSR count). The lowest BCUT2D eigenvalue weighted by Crippen LogP contribution is -2.48. The van der Waals surface area contributed by atoms with E-state index in [4.69, 9.17) is 5.14 Å². The van der Waals surface area contributed by atoms with Gasteiger partial charge in [0.2, 0.25) is 20.0 Å². The number of hydrogen-bond donors (Lipinski definition) is 2. The Hall–Kier alpha value is -2.27. The van der Waals surface area contributed by atoms with E-state index in [2.05, 4.69) is 0 Å². The van der Waals surface area contributed by atoms with Crippen LogP contribution in [-0.4, -0.2) is 38.3 Å². The molecule has 0 fully saturated rings. The number of carboxylic acids is 1. The number of nitrogens with zero attached hydrogens (tertiary/aromatic N) is 1. The standard InChI is InChI=1S/C16H16N2O6S2/c17-25(21,22)13-6-3-7-14(9-13)26(23,24)18-10-12-5-2-1-4-11(12)8-15(18)16(19)20/h1-7,9,15H,8,10H2,(H,19,20)(H2,17,21,22). The fourth-order valence-electron chi connectivity index (χ4n) is 2.91. The van der Waals surface area contributed by atoms with Crippen molar-refractivity contribution >= 4 is 26.0 Å². The molecule has 0 saturated heterocycles. The zero-order valence-electron chi connectivity index (χ0n) is 13.4. The smallest absolute Gasteiger partial charge is 0.322 e. The minimum Gasteiger partial charge on any atom is -0.480 e. The van der Waals surface area contributed by atoms with Gasteiger partial charge in [-0.2, -0.15) is 4.31 Å². The summed E-state index contributed by atoms with van der Waals surface area (Å²) >= 11 is 0. The van der Waals surface area contributed by atoms with Gasteiger partial charge in [-0.1, -0.05) is 30.3 Å². The summed E-state index contributed by atoms with van der Waals surface area (Å²) in [6.45, 7) is -0.116.